The van der Waals surface area contributed by atoms with E-state index in [1.54, 1.807) is 6.92 Å². The van der Waals surface area contributed by atoms with Gasteiger partial charge in [0.25, 0.3) is 0 Å². The third-order valence-corrected chi connectivity index (χ3v) is 6.52. The highest BCUT2D eigenvalue weighted by Gasteiger charge is 2.33. The fraction of sp³-hybridized carbons (Fsp3) is 0.714. The Hall–Kier alpha value is -2.02. The number of fused-ring (bicyclic) bond motifs is 1. The maximum atomic E-state index is 13.0. The molecule has 28 heavy (non-hydrogen) atoms. The van der Waals surface area contributed by atoms with Gasteiger partial charge in [-0.25, -0.2) is 9.97 Å². The van der Waals surface area contributed by atoms with E-state index in [4.69, 9.17) is 4.98 Å². The fourth-order valence-electron chi connectivity index (χ4n) is 4.82. The predicted octanol–water partition coefficient (Wildman–Crippen LogP) is 1.92. The molecule has 0 aliphatic carbocycles. The van der Waals surface area contributed by atoms with Gasteiger partial charge in [0.05, 0.1) is 17.8 Å². The molecule has 152 valence electrons. The SMILES string of the molecule is CC(=O)N1CCCC1c1ncc2c(n1)CCN(C(=O)C(C)N1CCCCC1)C2. The van der Waals surface area contributed by atoms with Gasteiger partial charge in [0.2, 0.25) is 11.8 Å². The minimum atomic E-state index is -0.0512. The molecule has 2 amide bonds. The lowest BCUT2D eigenvalue weighted by Gasteiger charge is -2.36. The van der Waals surface area contributed by atoms with E-state index in [2.05, 4.69) is 9.88 Å². The number of carbonyl (C=O) groups excluding carboxylic acids is 2. The van der Waals surface area contributed by atoms with Gasteiger partial charge in [-0.3, -0.25) is 14.5 Å². The van der Waals surface area contributed by atoms with E-state index in [9.17, 15) is 9.59 Å². The third kappa shape index (κ3) is 3.77. The van der Waals surface area contributed by atoms with Crippen LogP contribution in [0.1, 0.15) is 69.1 Å². The summed E-state index contributed by atoms with van der Waals surface area (Å²) in [5.74, 6) is 1.07. The summed E-state index contributed by atoms with van der Waals surface area (Å²) in [6.07, 6.45) is 8.22. The number of likely N-dealkylation sites (tertiary alicyclic amines) is 2. The zero-order valence-corrected chi connectivity index (χ0v) is 17.1. The van der Waals surface area contributed by atoms with E-state index < -0.39 is 0 Å². The zero-order valence-electron chi connectivity index (χ0n) is 17.1. The number of nitrogens with zero attached hydrogens (tertiary/aromatic N) is 5. The monoisotopic (exact) mass is 385 g/mol. The number of hydrogen-bond acceptors (Lipinski definition) is 5. The van der Waals surface area contributed by atoms with Crippen LogP contribution in [0, 0.1) is 0 Å². The zero-order chi connectivity index (χ0) is 19.7. The molecule has 0 N–H and O–H groups in total. The third-order valence-electron chi connectivity index (χ3n) is 6.52. The summed E-state index contributed by atoms with van der Waals surface area (Å²) in [5, 5.41) is 0. The van der Waals surface area contributed by atoms with Crippen molar-refractivity contribution >= 4 is 11.8 Å². The smallest absolute Gasteiger partial charge is 0.239 e. The second kappa shape index (κ2) is 8.15. The van der Waals surface area contributed by atoms with Crippen LogP contribution in [-0.4, -0.2) is 68.7 Å². The highest BCUT2D eigenvalue weighted by Crippen LogP contribution is 2.31. The quantitative estimate of drug-likeness (QED) is 0.795. The van der Waals surface area contributed by atoms with Crippen LogP contribution in [0.15, 0.2) is 6.20 Å². The Kier molecular flexibility index (Phi) is 5.62. The van der Waals surface area contributed by atoms with Crippen molar-refractivity contribution in [1.82, 2.24) is 24.7 Å². The lowest BCUT2D eigenvalue weighted by atomic mass is 10.0. The molecular formula is C21H31N5O2. The number of aromatic nitrogens is 2. The van der Waals surface area contributed by atoms with E-state index in [1.807, 2.05) is 22.9 Å². The second-order valence-electron chi connectivity index (χ2n) is 8.35. The van der Waals surface area contributed by atoms with Gasteiger partial charge >= 0.3 is 0 Å². The molecule has 2 atom stereocenters. The minimum Gasteiger partial charge on any atom is -0.336 e. The molecule has 0 bridgehead atoms. The van der Waals surface area contributed by atoms with Crippen LogP contribution in [0.5, 0.6) is 0 Å². The summed E-state index contributed by atoms with van der Waals surface area (Å²) in [6, 6.07) is -0.0498. The lowest BCUT2D eigenvalue weighted by molar-refractivity contribution is -0.137. The van der Waals surface area contributed by atoms with E-state index in [0.29, 0.717) is 13.1 Å². The second-order valence-corrected chi connectivity index (χ2v) is 8.35. The molecule has 0 radical (unpaired) electrons. The molecular weight excluding hydrogens is 354 g/mol. The molecule has 4 heterocycles. The van der Waals surface area contributed by atoms with Crippen molar-refractivity contribution in [2.24, 2.45) is 0 Å². The average molecular weight is 386 g/mol. The van der Waals surface area contributed by atoms with Gasteiger partial charge in [-0.2, -0.15) is 0 Å². The van der Waals surface area contributed by atoms with E-state index in [1.165, 1.54) is 19.3 Å². The number of rotatable bonds is 3. The van der Waals surface area contributed by atoms with Crippen molar-refractivity contribution in [2.75, 3.05) is 26.2 Å². The molecule has 0 saturated carbocycles. The van der Waals surface area contributed by atoms with Crippen molar-refractivity contribution in [3.05, 3.63) is 23.3 Å². The summed E-state index contributed by atoms with van der Waals surface area (Å²) in [4.78, 5) is 40.4. The normalized spacial score (nSPS) is 24.1. The van der Waals surface area contributed by atoms with Crippen LogP contribution < -0.4 is 0 Å². The van der Waals surface area contributed by atoms with Crippen LogP contribution >= 0.6 is 0 Å². The van der Waals surface area contributed by atoms with E-state index in [-0.39, 0.29) is 23.9 Å². The Morgan fingerprint density at radius 2 is 1.89 bits per heavy atom. The number of hydrogen-bond donors (Lipinski definition) is 0. The first kappa shape index (κ1) is 19.3. The average Bonchev–Trinajstić information content (AvgIpc) is 3.23. The lowest BCUT2D eigenvalue weighted by Crippen LogP contribution is -2.50. The number of piperidine rings is 1. The first-order valence-electron chi connectivity index (χ1n) is 10.7. The van der Waals surface area contributed by atoms with Crippen LogP contribution in [0.2, 0.25) is 0 Å². The largest absolute Gasteiger partial charge is 0.336 e. The van der Waals surface area contributed by atoms with E-state index in [0.717, 1.165) is 56.0 Å². The highest BCUT2D eigenvalue weighted by atomic mass is 16.2. The van der Waals surface area contributed by atoms with Gasteiger partial charge in [-0.1, -0.05) is 6.42 Å². The van der Waals surface area contributed by atoms with Crippen LogP contribution in [0.4, 0.5) is 0 Å². The molecule has 2 saturated heterocycles. The molecule has 7 heteroatoms. The molecule has 0 spiro atoms. The first-order valence-corrected chi connectivity index (χ1v) is 10.7. The molecule has 3 aliphatic rings. The molecule has 4 rings (SSSR count). The molecule has 3 aliphatic heterocycles. The standard InChI is InChI=1S/C21H31N5O2/c1-15(24-9-4-3-5-10-24)21(28)25-12-8-18-17(14-25)13-22-20(23-18)19-7-6-11-26(19)16(2)27/h13,15,19H,3-12,14H2,1-2H3. The molecule has 7 nitrogen and oxygen atoms in total. The number of amides is 2. The molecule has 0 aromatic carbocycles. The van der Waals surface area contributed by atoms with Gasteiger partial charge in [-0.05, 0) is 45.7 Å². The Labute approximate surface area is 167 Å². The fourth-order valence-corrected chi connectivity index (χ4v) is 4.82. The van der Waals surface area contributed by atoms with Gasteiger partial charge in [0.1, 0.15) is 0 Å². The highest BCUT2D eigenvalue weighted by molar-refractivity contribution is 5.81. The van der Waals surface area contributed by atoms with Crippen molar-refractivity contribution in [3.8, 4) is 0 Å². The van der Waals surface area contributed by atoms with Gasteiger partial charge in [-0.15, -0.1) is 0 Å². The van der Waals surface area contributed by atoms with Crippen LogP contribution in [0.25, 0.3) is 0 Å². The molecule has 1 aromatic rings. The predicted molar refractivity (Wildman–Crippen MR) is 105 cm³/mol. The maximum Gasteiger partial charge on any atom is 0.239 e. The van der Waals surface area contributed by atoms with Gasteiger partial charge in [0, 0.05) is 44.7 Å². The van der Waals surface area contributed by atoms with E-state index >= 15 is 0 Å². The summed E-state index contributed by atoms with van der Waals surface area (Å²) in [7, 11) is 0. The van der Waals surface area contributed by atoms with Crippen molar-refractivity contribution in [1.29, 1.82) is 0 Å². The molecule has 1 aromatic heterocycles. The number of carbonyl (C=O) groups is 2. The summed E-state index contributed by atoms with van der Waals surface area (Å²) in [5.41, 5.74) is 2.08. The Bertz CT molecular complexity index is 746. The first-order chi connectivity index (χ1) is 13.5. The Morgan fingerprint density at radius 1 is 1.11 bits per heavy atom. The summed E-state index contributed by atoms with van der Waals surface area (Å²) < 4.78 is 0. The van der Waals surface area contributed by atoms with Crippen LogP contribution in [-0.2, 0) is 22.6 Å². The van der Waals surface area contributed by atoms with Gasteiger partial charge < -0.3 is 9.80 Å². The van der Waals surface area contributed by atoms with Crippen molar-refractivity contribution in [2.45, 2.75) is 71.0 Å². The van der Waals surface area contributed by atoms with Crippen molar-refractivity contribution in [3.63, 3.8) is 0 Å². The maximum absolute atomic E-state index is 13.0. The summed E-state index contributed by atoms with van der Waals surface area (Å²) >= 11 is 0. The summed E-state index contributed by atoms with van der Waals surface area (Å²) in [6.45, 7) is 7.80. The van der Waals surface area contributed by atoms with Crippen LogP contribution in [0.3, 0.4) is 0 Å². The van der Waals surface area contributed by atoms with Gasteiger partial charge in [0.15, 0.2) is 5.82 Å². The Balaban J connectivity index is 1.44. The Morgan fingerprint density at radius 3 is 2.64 bits per heavy atom. The topological polar surface area (TPSA) is 69.6 Å². The molecule has 2 unspecified atom stereocenters. The van der Waals surface area contributed by atoms with Crippen molar-refractivity contribution < 1.29 is 9.59 Å². The minimum absolute atomic E-state index is 0.00147. The molecule has 2 fully saturated rings.